The predicted molar refractivity (Wildman–Crippen MR) is 88.7 cm³/mol. The molecule has 0 saturated heterocycles. The molecule has 0 unspecified atom stereocenters. The van der Waals surface area contributed by atoms with Gasteiger partial charge in [0.25, 0.3) is 5.91 Å². The third-order valence-corrected chi connectivity index (χ3v) is 3.61. The van der Waals surface area contributed by atoms with Gasteiger partial charge in [0.15, 0.2) is 11.4 Å². The van der Waals surface area contributed by atoms with Crippen LogP contribution in [0, 0.1) is 19.8 Å². The molecule has 3 rings (SSSR count). The van der Waals surface area contributed by atoms with E-state index in [1.165, 1.54) is 0 Å². The van der Waals surface area contributed by atoms with Crippen molar-refractivity contribution < 1.29 is 9.32 Å². The molecule has 0 saturated carbocycles. The Morgan fingerprint density at radius 1 is 1.29 bits per heavy atom. The molecule has 0 bridgehead atoms. The molecule has 0 aliphatic rings. The SMILES string of the molecule is Cc1cc2nc(C(=O)NCc3cc(CC(C)C)no3)cc(C)n2n1. The smallest absolute Gasteiger partial charge is 0.270 e. The fourth-order valence-corrected chi connectivity index (χ4v) is 2.57. The largest absolute Gasteiger partial charge is 0.359 e. The molecule has 3 aromatic heterocycles. The van der Waals surface area contributed by atoms with Crippen LogP contribution in [0.25, 0.3) is 5.65 Å². The van der Waals surface area contributed by atoms with Crippen LogP contribution in [0.4, 0.5) is 0 Å². The summed E-state index contributed by atoms with van der Waals surface area (Å²) in [6.45, 7) is 8.32. The Hall–Kier alpha value is -2.70. The van der Waals surface area contributed by atoms with Crippen LogP contribution >= 0.6 is 0 Å². The van der Waals surface area contributed by atoms with Gasteiger partial charge in [-0.25, -0.2) is 9.50 Å². The Kier molecular flexibility index (Phi) is 4.33. The van der Waals surface area contributed by atoms with Crippen LogP contribution < -0.4 is 5.32 Å². The van der Waals surface area contributed by atoms with E-state index >= 15 is 0 Å². The number of carbonyl (C=O) groups excluding carboxylic acids is 1. The number of rotatable bonds is 5. The normalized spacial score (nSPS) is 11.4. The van der Waals surface area contributed by atoms with Gasteiger partial charge in [-0.1, -0.05) is 19.0 Å². The van der Waals surface area contributed by atoms with E-state index in [0.29, 0.717) is 23.0 Å². The Morgan fingerprint density at radius 3 is 2.83 bits per heavy atom. The molecule has 1 N–H and O–H groups in total. The van der Waals surface area contributed by atoms with Crippen molar-refractivity contribution in [3.63, 3.8) is 0 Å². The van der Waals surface area contributed by atoms with Crippen molar-refractivity contribution in [2.75, 3.05) is 0 Å². The molecular formula is C17H21N5O2. The van der Waals surface area contributed by atoms with Crippen molar-refractivity contribution in [2.45, 2.75) is 40.7 Å². The highest BCUT2D eigenvalue weighted by Crippen LogP contribution is 2.11. The molecule has 0 radical (unpaired) electrons. The summed E-state index contributed by atoms with van der Waals surface area (Å²) in [5.74, 6) is 0.897. The van der Waals surface area contributed by atoms with E-state index in [-0.39, 0.29) is 12.5 Å². The van der Waals surface area contributed by atoms with Crippen molar-refractivity contribution in [1.82, 2.24) is 25.1 Å². The van der Waals surface area contributed by atoms with Crippen LogP contribution in [0.15, 0.2) is 22.7 Å². The number of nitrogens with one attached hydrogen (secondary N) is 1. The lowest BCUT2D eigenvalue weighted by Gasteiger charge is -2.05. The number of amides is 1. The van der Waals surface area contributed by atoms with Gasteiger partial charge in [0.2, 0.25) is 0 Å². The topological polar surface area (TPSA) is 85.3 Å². The van der Waals surface area contributed by atoms with E-state index < -0.39 is 0 Å². The summed E-state index contributed by atoms with van der Waals surface area (Å²) < 4.78 is 6.97. The van der Waals surface area contributed by atoms with E-state index in [1.54, 1.807) is 10.6 Å². The van der Waals surface area contributed by atoms with Gasteiger partial charge in [0, 0.05) is 17.8 Å². The van der Waals surface area contributed by atoms with Gasteiger partial charge in [-0.2, -0.15) is 5.10 Å². The van der Waals surface area contributed by atoms with E-state index in [2.05, 4.69) is 34.4 Å². The Morgan fingerprint density at radius 2 is 2.08 bits per heavy atom. The van der Waals surface area contributed by atoms with Crippen LogP contribution in [-0.2, 0) is 13.0 Å². The van der Waals surface area contributed by atoms with Gasteiger partial charge in [0.1, 0.15) is 5.69 Å². The highest BCUT2D eigenvalue weighted by Gasteiger charge is 2.13. The summed E-state index contributed by atoms with van der Waals surface area (Å²) in [7, 11) is 0. The predicted octanol–water partition coefficient (Wildman–Crippen LogP) is 2.46. The summed E-state index contributed by atoms with van der Waals surface area (Å²) in [6, 6.07) is 5.44. The van der Waals surface area contributed by atoms with Crippen molar-refractivity contribution in [3.05, 3.63) is 46.7 Å². The molecule has 0 fully saturated rings. The maximum absolute atomic E-state index is 12.3. The average Bonchev–Trinajstić information content (AvgIpc) is 3.10. The molecule has 0 atom stereocenters. The van der Waals surface area contributed by atoms with Crippen molar-refractivity contribution >= 4 is 11.6 Å². The first kappa shape index (κ1) is 16.2. The van der Waals surface area contributed by atoms with Gasteiger partial charge >= 0.3 is 0 Å². The number of hydrogen-bond acceptors (Lipinski definition) is 5. The van der Waals surface area contributed by atoms with Crippen LogP contribution in [0.1, 0.15) is 47.2 Å². The summed E-state index contributed by atoms with van der Waals surface area (Å²) in [5.41, 5.74) is 3.65. The molecule has 0 aliphatic carbocycles. The van der Waals surface area contributed by atoms with Crippen LogP contribution in [-0.4, -0.2) is 25.7 Å². The number of hydrogen-bond donors (Lipinski definition) is 1. The van der Waals surface area contributed by atoms with Crippen LogP contribution in [0.3, 0.4) is 0 Å². The minimum atomic E-state index is -0.249. The molecule has 7 heteroatoms. The summed E-state index contributed by atoms with van der Waals surface area (Å²) >= 11 is 0. The van der Waals surface area contributed by atoms with E-state index in [4.69, 9.17) is 4.52 Å². The van der Waals surface area contributed by atoms with Crippen LogP contribution in [0.5, 0.6) is 0 Å². The molecule has 3 heterocycles. The zero-order chi connectivity index (χ0) is 17.3. The highest BCUT2D eigenvalue weighted by molar-refractivity contribution is 5.92. The first-order valence-electron chi connectivity index (χ1n) is 7.99. The minimum absolute atomic E-state index is 0.249. The lowest BCUT2D eigenvalue weighted by atomic mass is 10.1. The molecule has 1 amide bonds. The first-order chi connectivity index (χ1) is 11.4. The standard InChI is InChI=1S/C17H21N5O2/c1-10(2)5-13-8-14(24-21-13)9-18-17(23)15-7-12(4)22-16(19-15)6-11(3)20-22/h6-8,10H,5,9H2,1-4H3,(H,18,23). The van der Waals surface area contributed by atoms with E-state index in [0.717, 1.165) is 23.5 Å². The van der Waals surface area contributed by atoms with Crippen molar-refractivity contribution in [1.29, 1.82) is 0 Å². The molecule has 24 heavy (non-hydrogen) atoms. The van der Waals surface area contributed by atoms with Gasteiger partial charge in [-0.15, -0.1) is 0 Å². The fourth-order valence-electron chi connectivity index (χ4n) is 2.57. The van der Waals surface area contributed by atoms with Gasteiger partial charge in [0.05, 0.1) is 17.9 Å². The third-order valence-electron chi connectivity index (χ3n) is 3.61. The molecular weight excluding hydrogens is 306 g/mol. The van der Waals surface area contributed by atoms with Gasteiger partial charge in [-0.3, -0.25) is 4.79 Å². The second-order valence-electron chi connectivity index (χ2n) is 6.40. The Bertz CT molecular complexity index is 878. The molecule has 0 aromatic carbocycles. The summed E-state index contributed by atoms with van der Waals surface area (Å²) in [5, 5.41) is 11.2. The lowest BCUT2D eigenvalue weighted by Crippen LogP contribution is -2.24. The first-order valence-corrected chi connectivity index (χ1v) is 7.99. The average molecular weight is 327 g/mol. The van der Waals surface area contributed by atoms with Gasteiger partial charge in [-0.05, 0) is 32.3 Å². The third kappa shape index (κ3) is 3.45. The Balaban J connectivity index is 1.69. The van der Waals surface area contributed by atoms with Crippen LogP contribution in [0.2, 0.25) is 0 Å². The fraction of sp³-hybridized carbons (Fsp3) is 0.412. The molecule has 7 nitrogen and oxygen atoms in total. The monoisotopic (exact) mass is 327 g/mol. The quantitative estimate of drug-likeness (QED) is 0.778. The van der Waals surface area contributed by atoms with Gasteiger partial charge < -0.3 is 9.84 Å². The number of aryl methyl sites for hydroxylation is 2. The zero-order valence-corrected chi connectivity index (χ0v) is 14.3. The number of carbonyl (C=O) groups is 1. The maximum Gasteiger partial charge on any atom is 0.270 e. The van der Waals surface area contributed by atoms with E-state index in [9.17, 15) is 4.79 Å². The summed E-state index contributed by atoms with van der Waals surface area (Å²) in [6.07, 6.45) is 0.857. The Labute approximate surface area is 140 Å². The second-order valence-corrected chi connectivity index (χ2v) is 6.40. The second kappa shape index (κ2) is 6.43. The van der Waals surface area contributed by atoms with Crippen molar-refractivity contribution in [2.24, 2.45) is 5.92 Å². The zero-order valence-electron chi connectivity index (χ0n) is 14.3. The highest BCUT2D eigenvalue weighted by atomic mass is 16.5. The molecule has 3 aromatic rings. The number of nitrogens with zero attached hydrogens (tertiary/aromatic N) is 4. The molecule has 0 aliphatic heterocycles. The summed E-state index contributed by atoms with van der Waals surface area (Å²) in [4.78, 5) is 16.7. The lowest BCUT2D eigenvalue weighted by molar-refractivity contribution is 0.0942. The maximum atomic E-state index is 12.3. The molecule has 0 spiro atoms. The van der Waals surface area contributed by atoms with E-state index in [1.807, 2.05) is 26.0 Å². The number of fused-ring (bicyclic) bond motifs is 1. The number of aromatic nitrogens is 4. The minimum Gasteiger partial charge on any atom is -0.359 e. The molecule has 126 valence electrons. The van der Waals surface area contributed by atoms with Crippen molar-refractivity contribution in [3.8, 4) is 0 Å².